The van der Waals surface area contributed by atoms with E-state index in [-0.39, 0.29) is 5.96 Å². The molecule has 6 nitrogen and oxygen atoms in total. The van der Waals surface area contributed by atoms with Crippen molar-refractivity contribution in [2.45, 2.75) is 12.4 Å². The number of benzene rings is 3. The van der Waals surface area contributed by atoms with E-state index in [1.807, 2.05) is 0 Å². The summed E-state index contributed by atoms with van der Waals surface area (Å²) in [5.74, 6) is -0.800. The number of amides is 1. The van der Waals surface area contributed by atoms with Crippen LogP contribution < -0.4 is 10.7 Å². The molecule has 3 aromatic rings. The van der Waals surface area contributed by atoms with Gasteiger partial charge in [0.2, 0.25) is 5.96 Å². The summed E-state index contributed by atoms with van der Waals surface area (Å²) in [6, 6.07) is 16.4. The van der Waals surface area contributed by atoms with Gasteiger partial charge in [-0.05, 0) is 47.5 Å². The number of alkyl halides is 6. The van der Waals surface area contributed by atoms with E-state index in [0.29, 0.717) is 16.7 Å². The Hall–Kier alpha value is -4.48. The fourth-order valence-corrected chi connectivity index (χ4v) is 2.68. The van der Waals surface area contributed by atoms with E-state index in [1.54, 1.807) is 30.3 Å². The minimum absolute atomic E-state index is 0.241. The summed E-state index contributed by atoms with van der Waals surface area (Å²) < 4.78 is 76.1. The minimum atomic E-state index is -4.47. The molecule has 12 heteroatoms. The van der Waals surface area contributed by atoms with Crippen molar-refractivity contribution >= 4 is 24.3 Å². The Bertz CT molecular complexity index is 1250. The van der Waals surface area contributed by atoms with E-state index in [2.05, 4.69) is 26.0 Å². The molecule has 0 aliphatic carbocycles. The zero-order valence-corrected chi connectivity index (χ0v) is 18.2. The van der Waals surface area contributed by atoms with Crippen LogP contribution in [0.3, 0.4) is 0 Å². The highest BCUT2D eigenvalue weighted by atomic mass is 19.4. The summed E-state index contributed by atoms with van der Waals surface area (Å²) in [6.07, 6.45) is -6.59. The first-order valence-electron chi connectivity index (χ1n) is 10.1. The maximum atomic E-state index is 12.7. The molecule has 0 aromatic heterocycles. The molecule has 0 unspecified atom stereocenters. The van der Waals surface area contributed by atoms with Crippen LogP contribution in [0.15, 0.2) is 94.2 Å². The van der Waals surface area contributed by atoms with Crippen LogP contribution in [0.1, 0.15) is 32.6 Å². The van der Waals surface area contributed by atoms with Crippen molar-refractivity contribution in [2.24, 2.45) is 15.3 Å². The van der Waals surface area contributed by atoms with Gasteiger partial charge in [-0.3, -0.25) is 10.1 Å². The quantitative estimate of drug-likeness (QED) is 0.209. The van der Waals surface area contributed by atoms with E-state index in [0.717, 1.165) is 30.5 Å². The van der Waals surface area contributed by atoms with Crippen LogP contribution in [-0.2, 0) is 12.4 Å². The highest BCUT2D eigenvalue weighted by Crippen LogP contribution is 2.29. The number of rotatable bonds is 5. The van der Waals surface area contributed by atoms with Crippen LogP contribution in [0.25, 0.3) is 0 Å². The second-order valence-corrected chi connectivity index (χ2v) is 7.12. The number of hydrogen-bond donors (Lipinski definition) is 2. The molecule has 0 bridgehead atoms. The molecule has 3 aromatic carbocycles. The highest BCUT2D eigenvalue weighted by Gasteiger charge is 2.30. The Labute approximate surface area is 201 Å². The average Bonchev–Trinajstić information content (AvgIpc) is 2.84. The lowest BCUT2D eigenvalue weighted by atomic mass is 10.1. The second-order valence-electron chi connectivity index (χ2n) is 7.12. The average molecular weight is 505 g/mol. The standard InChI is InChI=1S/C24H17F6N5O/c25-23(26,27)19-10-6-16(7-11-19)14-31-34-22(33-21(36)18-4-2-1-3-5-18)35-32-15-17-8-12-20(13-9-17)24(28,29)30/h1-15H,(H2,33,34,35,36). The van der Waals surface area contributed by atoms with Gasteiger partial charge >= 0.3 is 12.4 Å². The van der Waals surface area contributed by atoms with Gasteiger partial charge in [0.05, 0.1) is 23.6 Å². The van der Waals surface area contributed by atoms with Crippen LogP contribution in [0.2, 0.25) is 0 Å². The molecule has 3 rings (SSSR count). The molecule has 0 heterocycles. The summed E-state index contributed by atoms with van der Waals surface area (Å²) in [5.41, 5.74) is 1.74. The van der Waals surface area contributed by atoms with Gasteiger partial charge in [0, 0.05) is 5.56 Å². The van der Waals surface area contributed by atoms with Crippen LogP contribution in [0.4, 0.5) is 26.3 Å². The number of nitrogens with one attached hydrogen (secondary N) is 2. The maximum absolute atomic E-state index is 12.7. The molecule has 0 spiro atoms. The zero-order chi connectivity index (χ0) is 26.2. The number of hydrazone groups is 1. The van der Waals surface area contributed by atoms with Gasteiger partial charge in [-0.25, -0.2) is 5.43 Å². The van der Waals surface area contributed by atoms with Gasteiger partial charge in [-0.2, -0.15) is 36.5 Å². The molecule has 0 saturated heterocycles. The van der Waals surface area contributed by atoms with Crippen molar-refractivity contribution in [3.63, 3.8) is 0 Å². The van der Waals surface area contributed by atoms with Crippen molar-refractivity contribution in [3.8, 4) is 0 Å². The van der Waals surface area contributed by atoms with Crippen molar-refractivity contribution in [1.82, 2.24) is 10.7 Å². The van der Waals surface area contributed by atoms with Gasteiger partial charge in [-0.1, -0.05) is 42.5 Å². The first-order chi connectivity index (χ1) is 17.0. The second kappa shape index (κ2) is 11.3. The lowest BCUT2D eigenvalue weighted by Gasteiger charge is -2.07. The lowest BCUT2D eigenvalue weighted by Crippen LogP contribution is -2.38. The highest BCUT2D eigenvalue weighted by molar-refractivity contribution is 6.05. The van der Waals surface area contributed by atoms with E-state index in [9.17, 15) is 31.1 Å². The Morgan fingerprint density at radius 2 is 1.19 bits per heavy atom. The predicted octanol–water partition coefficient (Wildman–Crippen LogP) is 5.47. The third-order valence-corrected chi connectivity index (χ3v) is 4.49. The van der Waals surface area contributed by atoms with Crippen molar-refractivity contribution in [1.29, 1.82) is 0 Å². The van der Waals surface area contributed by atoms with Crippen molar-refractivity contribution < 1.29 is 31.1 Å². The first kappa shape index (κ1) is 26.1. The third kappa shape index (κ3) is 7.79. The van der Waals surface area contributed by atoms with Gasteiger partial charge in [-0.15, -0.1) is 5.10 Å². The number of nitrogens with zero attached hydrogens (tertiary/aromatic N) is 3. The molecule has 2 N–H and O–H groups in total. The van der Waals surface area contributed by atoms with E-state index in [1.165, 1.54) is 30.5 Å². The van der Waals surface area contributed by atoms with Gasteiger partial charge in [0.15, 0.2) is 0 Å². The summed E-state index contributed by atoms with van der Waals surface area (Å²) in [4.78, 5) is 12.4. The Kier molecular flexibility index (Phi) is 8.20. The predicted molar refractivity (Wildman–Crippen MR) is 123 cm³/mol. The molecule has 0 saturated carbocycles. The fraction of sp³-hybridized carbons (Fsp3) is 0.0833. The summed E-state index contributed by atoms with van der Waals surface area (Å²) in [6.45, 7) is 0. The number of carbonyl (C=O) groups excluding carboxylic acids is 1. The minimum Gasteiger partial charge on any atom is -0.290 e. The van der Waals surface area contributed by atoms with Crippen LogP contribution in [-0.4, -0.2) is 24.3 Å². The molecule has 1 amide bonds. The maximum Gasteiger partial charge on any atom is 0.416 e. The first-order valence-corrected chi connectivity index (χ1v) is 10.1. The van der Waals surface area contributed by atoms with Crippen LogP contribution >= 0.6 is 0 Å². The van der Waals surface area contributed by atoms with Crippen molar-refractivity contribution in [3.05, 3.63) is 107 Å². The van der Waals surface area contributed by atoms with E-state index in [4.69, 9.17) is 0 Å². The number of halogens is 6. The SMILES string of the molecule is O=C(NC(=NN=Cc1ccc(C(F)(F)F)cc1)NN=Cc1ccc(C(F)(F)F)cc1)c1ccccc1. The van der Waals surface area contributed by atoms with Gasteiger partial charge in [0.25, 0.3) is 5.91 Å². The van der Waals surface area contributed by atoms with Crippen LogP contribution in [0, 0.1) is 0 Å². The topological polar surface area (TPSA) is 78.2 Å². The zero-order valence-electron chi connectivity index (χ0n) is 18.2. The monoisotopic (exact) mass is 505 g/mol. The molecule has 36 heavy (non-hydrogen) atoms. The van der Waals surface area contributed by atoms with Gasteiger partial charge < -0.3 is 0 Å². The molecular weight excluding hydrogens is 488 g/mol. The fourth-order valence-electron chi connectivity index (χ4n) is 2.68. The molecule has 0 radical (unpaired) electrons. The molecule has 0 atom stereocenters. The Balaban J connectivity index is 1.75. The smallest absolute Gasteiger partial charge is 0.290 e. The van der Waals surface area contributed by atoms with Crippen molar-refractivity contribution in [2.75, 3.05) is 0 Å². The molecule has 0 fully saturated rings. The molecular formula is C24H17F6N5O. The number of guanidine groups is 1. The third-order valence-electron chi connectivity index (χ3n) is 4.49. The summed E-state index contributed by atoms with van der Waals surface area (Å²) in [5, 5.41) is 13.8. The Morgan fingerprint density at radius 1 is 0.694 bits per heavy atom. The normalized spacial score (nSPS) is 12.8. The Morgan fingerprint density at radius 3 is 1.69 bits per heavy atom. The molecule has 0 aliphatic rings. The lowest BCUT2D eigenvalue weighted by molar-refractivity contribution is -0.138. The van der Waals surface area contributed by atoms with Gasteiger partial charge in [0.1, 0.15) is 0 Å². The number of carbonyl (C=O) groups is 1. The largest absolute Gasteiger partial charge is 0.416 e. The summed E-state index contributed by atoms with van der Waals surface area (Å²) in [7, 11) is 0. The number of hydrogen-bond acceptors (Lipinski definition) is 4. The van der Waals surface area contributed by atoms with E-state index < -0.39 is 29.4 Å². The molecule has 0 aliphatic heterocycles. The van der Waals surface area contributed by atoms with Crippen LogP contribution in [0.5, 0.6) is 0 Å². The molecule has 186 valence electrons. The summed E-state index contributed by atoms with van der Waals surface area (Å²) >= 11 is 0. The van der Waals surface area contributed by atoms with E-state index >= 15 is 0 Å².